The molecule has 102 valence electrons. The second-order valence-corrected chi connectivity index (χ2v) is 4.35. The fraction of sp³-hybridized carbons (Fsp3) is 0.385. The van der Waals surface area contributed by atoms with E-state index >= 15 is 0 Å². The molecule has 1 heterocycles. The lowest BCUT2D eigenvalue weighted by Crippen LogP contribution is -2.46. The van der Waals surface area contributed by atoms with Gasteiger partial charge in [0.15, 0.2) is 0 Å². The lowest BCUT2D eigenvalue weighted by Gasteiger charge is -2.22. The van der Waals surface area contributed by atoms with Crippen molar-refractivity contribution in [3.8, 4) is 5.75 Å². The summed E-state index contributed by atoms with van der Waals surface area (Å²) in [5.74, 6) is 0.103. The van der Waals surface area contributed by atoms with Crippen molar-refractivity contribution in [3.63, 3.8) is 0 Å². The monoisotopic (exact) mass is 264 g/mol. The molecule has 0 spiro atoms. The van der Waals surface area contributed by atoms with Crippen LogP contribution in [0.25, 0.3) is 0 Å². The van der Waals surface area contributed by atoms with Gasteiger partial charge in [0.25, 0.3) is 0 Å². The van der Waals surface area contributed by atoms with E-state index in [2.05, 4.69) is 5.32 Å². The quantitative estimate of drug-likeness (QED) is 0.808. The van der Waals surface area contributed by atoms with Crippen LogP contribution < -0.4 is 10.1 Å². The van der Waals surface area contributed by atoms with Gasteiger partial charge in [-0.05, 0) is 12.1 Å². The van der Waals surface area contributed by atoms with Crippen molar-refractivity contribution in [2.24, 2.45) is 0 Å². The number of benzene rings is 1. The minimum absolute atomic E-state index is 0.101. The van der Waals surface area contributed by atoms with Crippen molar-refractivity contribution < 1.29 is 19.4 Å². The number of hydrogen-bond acceptors (Lipinski definition) is 4. The Labute approximate surface area is 111 Å². The van der Waals surface area contributed by atoms with Crippen molar-refractivity contribution in [2.45, 2.75) is 18.6 Å². The summed E-state index contributed by atoms with van der Waals surface area (Å²) >= 11 is 0. The van der Waals surface area contributed by atoms with Crippen molar-refractivity contribution in [2.75, 3.05) is 13.6 Å². The van der Waals surface area contributed by atoms with Crippen molar-refractivity contribution in [1.82, 2.24) is 10.2 Å². The van der Waals surface area contributed by atoms with Crippen LogP contribution in [0.3, 0.4) is 0 Å². The summed E-state index contributed by atoms with van der Waals surface area (Å²) in [4.78, 5) is 24.9. The lowest BCUT2D eigenvalue weighted by molar-refractivity contribution is -0.124. The number of hydrogen-bond donors (Lipinski definition) is 2. The predicted molar refractivity (Wildman–Crippen MR) is 67.7 cm³/mol. The molecule has 1 aliphatic heterocycles. The molecule has 19 heavy (non-hydrogen) atoms. The number of rotatable bonds is 2. The number of nitrogens with one attached hydrogen (secondary N) is 1. The van der Waals surface area contributed by atoms with E-state index in [0.29, 0.717) is 5.75 Å². The van der Waals surface area contributed by atoms with E-state index in [0.717, 1.165) is 0 Å². The average Bonchev–Trinajstić information content (AvgIpc) is 2.81. The Morgan fingerprint density at radius 3 is 2.68 bits per heavy atom. The molecule has 0 saturated carbocycles. The molecule has 2 amide bonds. The van der Waals surface area contributed by atoms with Gasteiger partial charge in [-0.15, -0.1) is 0 Å². The number of nitrogens with zero attached hydrogens (tertiary/aromatic N) is 1. The summed E-state index contributed by atoms with van der Waals surface area (Å²) < 4.78 is 5.17. The van der Waals surface area contributed by atoms with Crippen LogP contribution in [0.1, 0.15) is 6.42 Å². The van der Waals surface area contributed by atoms with Crippen LogP contribution in [0.15, 0.2) is 30.3 Å². The molecule has 0 aromatic heterocycles. The third-order valence-electron chi connectivity index (χ3n) is 3.01. The van der Waals surface area contributed by atoms with Gasteiger partial charge in [0.2, 0.25) is 5.91 Å². The molecule has 2 N–H and O–H groups in total. The first kappa shape index (κ1) is 13.4. The first-order valence-corrected chi connectivity index (χ1v) is 6.05. The summed E-state index contributed by atoms with van der Waals surface area (Å²) in [7, 11) is 1.49. The SMILES string of the molecule is CNC(=O)[C@@H]1C[C@H](O)CN1C(=O)Oc1ccccc1. The number of carbonyl (C=O) groups excluding carboxylic acids is 2. The normalized spacial score (nSPS) is 22.1. The number of amides is 2. The number of aliphatic hydroxyl groups excluding tert-OH is 1. The summed E-state index contributed by atoms with van der Waals surface area (Å²) in [5, 5.41) is 12.1. The van der Waals surface area contributed by atoms with Gasteiger partial charge in [0.05, 0.1) is 12.6 Å². The van der Waals surface area contributed by atoms with E-state index in [-0.39, 0.29) is 18.9 Å². The molecule has 1 aromatic rings. The van der Waals surface area contributed by atoms with Crippen LogP contribution in [-0.2, 0) is 4.79 Å². The zero-order chi connectivity index (χ0) is 13.8. The van der Waals surface area contributed by atoms with Crippen LogP contribution in [0, 0.1) is 0 Å². The molecule has 0 radical (unpaired) electrons. The first-order valence-electron chi connectivity index (χ1n) is 6.05. The Balaban J connectivity index is 2.07. The second-order valence-electron chi connectivity index (χ2n) is 4.35. The van der Waals surface area contributed by atoms with Gasteiger partial charge < -0.3 is 15.2 Å². The van der Waals surface area contributed by atoms with Gasteiger partial charge in [-0.1, -0.05) is 18.2 Å². The Hall–Kier alpha value is -2.08. The minimum Gasteiger partial charge on any atom is -0.410 e. The number of aliphatic hydroxyl groups is 1. The Morgan fingerprint density at radius 2 is 2.05 bits per heavy atom. The molecule has 2 rings (SSSR count). The van der Waals surface area contributed by atoms with E-state index in [9.17, 15) is 14.7 Å². The largest absolute Gasteiger partial charge is 0.416 e. The van der Waals surface area contributed by atoms with Gasteiger partial charge >= 0.3 is 6.09 Å². The van der Waals surface area contributed by atoms with E-state index in [1.54, 1.807) is 24.3 Å². The van der Waals surface area contributed by atoms with E-state index in [1.165, 1.54) is 11.9 Å². The summed E-state index contributed by atoms with van der Waals surface area (Å²) in [6, 6.07) is 7.93. The zero-order valence-electron chi connectivity index (χ0n) is 10.6. The highest BCUT2D eigenvalue weighted by atomic mass is 16.6. The molecule has 0 unspecified atom stereocenters. The predicted octanol–water partition coefficient (Wildman–Crippen LogP) is 0.367. The molecule has 0 aliphatic carbocycles. The minimum atomic E-state index is -0.703. The number of likely N-dealkylation sites (tertiary alicyclic amines) is 1. The van der Waals surface area contributed by atoms with Crippen LogP contribution in [0.2, 0.25) is 0 Å². The zero-order valence-corrected chi connectivity index (χ0v) is 10.6. The van der Waals surface area contributed by atoms with Crippen LogP contribution in [-0.4, -0.2) is 47.7 Å². The highest BCUT2D eigenvalue weighted by molar-refractivity contribution is 5.86. The van der Waals surface area contributed by atoms with Crippen LogP contribution >= 0.6 is 0 Å². The molecule has 0 bridgehead atoms. The summed E-state index contributed by atoms with van der Waals surface area (Å²) in [5.41, 5.74) is 0. The van der Waals surface area contributed by atoms with Crippen molar-refractivity contribution >= 4 is 12.0 Å². The highest BCUT2D eigenvalue weighted by Gasteiger charge is 2.39. The molecule has 1 aliphatic rings. The fourth-order valence-electron chi connectivity index (χ4n) is 2.08. The fourth-order valence-corrected chi connectivity index (χ4v) is 2.08. The molecule has 6 heteroatoms. The van der Waals surface area contributed by atoms with Gasteiger partial charge in [0.1, 0.15) is 11.8 Å². The van der Waals surface area contributed by atoms with Crippen molar-refractivity contribution in [3.05, 3.63) is 30.3 Å². The maximum Gasteiger partial charge on any atom is 0.416 e. The number of para-hydroxylation sites is 1. The number of ether oxygens (including phenoxy) is 1. The number of likely N-dealkylation sites (N-methyl/N-ethyl adjacent to an activating group) is 1. The molecular formula is C13H16N2O4. The summed E-state index contributed by atoms with van der Waals surface area (Å²) in [6.45, 7) is 0.101. The molecule has 6 nitrogen and oxygen atoms in total. The van der Waals surface area contributed by atoms with Crippen LogP contribution in [0.4, 0.5) is 4.79 Å². The molecule has 2 atom stereocenters. The topological polar surface area (TPSA) is 78.9 Å². The van der Waals surface area contributed by atoms with E-state index < -0.39 is 18.2 Å². The smallest absolute Gasteiger partial charge is 0.410 e. The maximum absolute atomic E-state index is 12.0. The van der Waals surface area contributed by atoms with Crippen molar-refractivity contribution in [1.29, 1.82) is 0 Å². The van der Waals surface area contributed by atoms with E-state index in [4.69, 9.17) is 4.74 Å². The molecule has 1 fully saturated rings. The molecule has 1 aromatic carbocycles. The molecular weight excluding hydrogens is 248 g/mol. The lowest BCUT2D eigenvalue weighted by atomic mass is 10.2. The van der Waals surface area contributed by atoms with Gasteiger partial charge in [-0.25, -0.2) is 4.79 Å². The Morgan fingerprint density at radius 1 is 1.37 bits per heavy atom. The Kier molecular flexibility index (Phi) is 4.01. The number of β-amino-alcohol motifs (C(OH)–C–C–N with tert-alkyl or cyclic N) is 1. The Bertz CT molecular complexity index is 463. The standard InChI is InChI=1S/C13H16N2O4/c1-14-12(17)11-7-9(16)8-15(11)13(18)19-10-5-3-2-4-6-10/h2-6,9,11,16H,7-8H2,1H3,(H,14,17)/t9-,11-/m0/s1. The van der Waals surface area contributed by atoms with E-state index in [1.807, 2.05) is 6.07 Å². The van der Waals surface area contributed by atoms with Gasteiger partial charge in [0, 0.05) is 13.5 Å². The molecule has 1 saturated heterocycles. The van der Waals surface area contributed by atoms with Crippen LogP contribution in [0.5, 0.6) is 5.75 Å². The maximum atomic E-state index is 12.0. The van der Waals surface area contributed by atoms with Gasteiger partial charge in [-0.2, -0.15) is 0 Å². The average molecular weight is 264 g/mol. The summed E-state index contributed by atoms with van der Waals surface area (Å²) in [6.07, 6.45) is -1.11. The second kappa shape index (κ2) is 5.71. The third kappa shape index (κ3) is 3.03. The van der Waals surface area contributed by atoms with Gasteiger partial charge in [-0.3, -0.25) is 9.69 Å². The number of carbonyl (C=O) groups is 2. The first-order chi connectivity index (χ1) is 9.11. The highest BCUT2D eigenvalue weighted by Crippen LogP contribution is 2.20. The third-order valence-corrected chi connectivity index (χ3v) is 3.01.